The maximum Gasteiger partial charge on any atom is 0.268 e. The molecule has 7 nitrogen and oxygen atoms in total. The van der Waals surface area contributed by atoms with Gasteiger partial charge in [0.2, 0.25) is 5.89 Å². The van der Waals surface area contributed by atoms with E-state index in [0.717, 1.165) is 43.0 Å². The summed E-state index contributed by atoms with van der Waals surface area (Å²) >= 11 is 1.14. The average molecular weight is 335 g/mol. The van der Waals surface area contributed by atoms with Gasteiger partial charge in [0.25, 0.3) is 5.91 Å². The third kappa shape index (κ3) is 3.12. The number of hydrogen-bond acceptors (Lipinski definition) is 7. The Bertz CT molecular complexity index is 683. The number of carbonyl (C=O) groups excluding carboxylic acids is 1. The Hall–Kier alpha value is -1.83. The summed E-state index contributed by atoms with van der Waals surface area (Å²) in [4.78, 5) is 19.8. The maximum absolute atomic E-state index is 12.8. The molecule has 0 aromatic carbocycles. The van der Waals surface area contributed by atoms with Crippen LogP contribution in [0.1, 0.15) is 78.6 Å². The van der Waals surface area contributed by atoms with Crippen molar-refractivity contribution >= 4 is 17.4 Å². The van der Waals surface area contributed by atoms with Crippen molar-refractivity contribution in [3.05, 3.63) is 22.3 Å². The molecule has 8 heteroatoms. The van der Waals surface area contributed by atoms with Crippen molar-refractivity contribution in [3.63, 3.8) is 0 Å². The van der Waals surface area contributed by atoms with E-state index in [0.29, 0.717) is 23.0 Å². The van der Waals surface area contributed by atoms with Crippen molar-refractivity contribution in [2.24, 2.45) is 0 Å². The molecule has 1 aliphatic rings. The van der Waals surface area contributed by atoms with Gasteiger partial charge in [-0.05, 0) is 44.1 Å². The first kappa shape index (κ1) is 16.0. The number of likely N-dealkylation sites (tertiary alicyclic amines) is 1. The van der Waals surface area contributed by atoms with Crippen molar-refractivity contribution in [2.45, 2.75) is 58.4 Å². The minimum atomic E-state index is -0.150. The van der Waals surface area contributed by atoms with Crippen molar-refractivity contribution < 1.29 is 9.32 Å². The second-order valence-corrected chi connectivity index (χ2v) is 6.75. The molecule has 23 heavy (non-hydrogen) atoms. The lowest BCUT2D eigenvalue weighted by atomic mass is 10.0. The smallest absolute Gasteiger partial charge is 0.268 e. The van der Waals surface area contributed by atoms with Gasteiger partial charge in [-0.25, -0.2) is 0 Å². The first-order valence-corrected chi connectivity index (χ1v) is 8.82. The maximum atomic E-state index is 12.8. The highest BCUT2D eigenvalue weighted by atomic mass is 32.1. The number of amides is 1. The minimum absolute atomic E-state index is 0.0366. The molecular weight excluding hydrogens is 314 g/mol. The van der Waals surface area contributed by atoms with Crippen LogP contribution in [0.5, 0.6) is 0 Å². The molecule has 0 N–H and O–H groups in total. The highest BCUT2D eigenvalue weighted by molar-refractivity contribution is 7.07. The van der Waals surface area contributed by atoms with Gasteiger partial charge in [0.1, 0.15) is 10.9 Å². The second-order valence-electron chi connectivity index (χ2n) is 6.00. The van der Waals surface area contributed by atoms with E-state index in [-0.39, 0.29) is 17.9 Å². The molecule has 1 amide bonds. The summed E-state index contributed by atoms with van der Waals surface area (Å²) in [6, 6.07) is -0.150. The zero-order valence-corrected chi connectivity index (χ0v) is 14.5. The number of aryl methyl sites for hydroxylation is 1. The molecule has 1 saturated heterocycles. The SMILES string of the molecule is CC[C@H](C)c1noc([C@@H]2CCCCN2C(=O)c2snnc2C)n1. The molecule has 3 rings (SSSR count). The molecule has 0 saturated carbocycles. The molecule has 0 radical (unpaired) electrons. The van der Waals surface area contributed by atoms with Gasteiger partial charge >= 0.3 is 0 Å². The normalized spacial score (nSPS) is 19.8. The average Bonchev–Trinajstić information content (AvgIpc) is 3.22. The van der Waals surface area contributed by atoms with Crippen LogP contribution in [0.4, 0.5) is 0 Å². The van der Waals surface area contributed by atoms with E-state index in [1.807, 2.05) is 11.8 Å². The molecule has 0 spiro atoms. The molecular formula is C15H21N5O2S. The van der Waals surface area contributed by atoms with Crippen LogP contribution in [0.2, 0.25) is 0 Å². The quantitative estimate of drug-likeness (QED) is 0.853. The van der Waals surface area contributed by atoms with Crippen molar-refractivity contribution in [3.8, 4) is 0 Å². The summed E-state index contributed by atoms with van der Waals surface area (Å²) in [6.07, 6.45) is 3.84. The monoisotopic (exact) mass is 335 g/mol. The first-order valence-electron chi connectivity index (χ1n) is 8.05. The lowest BCUT2D eigenvalue weighted by Crippen LogP contribution is -2.38. The van der Waals surface area contributed by atoms with Crippen LogP contribution in [0.3, 0.4) is 0 Å². The van der Waals surface area contributed by atoms with Gasteiger partial charge in [-0.1, -0.05) is 23.5 Å². The highest BCUT2D eigenvalue weighted by Crippen LogP contribution is 2.32. The molecule has 0 aliphatic carbocycles. The van der Waals surface area contributed by atoms with E-state index in [1.165, 1.54) is 0 Å². The van der Waals surface area contributed by atoms with Gasteiger partial charge in [0.05, 0.1) is 5.69 Å². The summed E-state index contributed by atoms with van der Waals surface area (Å²) in [7, 11) is 0. The van der Waals surface area contributed by atoms with Crippen LogP contribution >= 0.6 is 11.5 Å². The Balaban J connectivity index is 1.85. The predicted molar refractivity (Wildman–Crippen MR) is 85.3 cm³/mol. The van der Waals surface area contributed by atoms with E-state index < -0.39 is 0 Å². The molecule has 1 aliphatic heterocycles. The number of aromatic nitrogens is 4. The molecule has 124 valence electrons. The third-order valence-corrected chi connectivity index (χ3v) is 5.22. The van der Waals surface area contributed by atoms with Crippen LogP contribution in [0.25, 0.3) is 0 Å². The minimum Gasteiger partial charge on any atom is -0.337 e. The fourth-order valence-corrected chi connectivity index (χ4v) is 3.37. The summed E-state index contributed by atoms with van der Waals surface area (Å²) < 4.78 is 9.34. The standard InChI is InChI=1S/C15H21N5O2S/c1-4-9(2)13-16-14(22-18-13)11-7-5-6-8-20(11)15(21)12-10(3)17-19-23-12/h9,11H,4-8H2,1-3H3/t9-,11-/m0/s1. The van der Waals surface area contributed by atoms with E-state index in [9.17, 15) is 4.79 Å². The van der Waals surface area contributed by atoms with Gasteiger partial charge in [-0.3, -0.25) is 4.79 Å². The van der Waals surface area contributed by atoms with Gasteiger partial charge < -0.3 is 9.42 Å². The number of piperidine rings is 1. The van der Waals surface area contributed by atoms with Gasteiger partial charge in [-0.15, -0.1) is 5.10 Å². The lowest BCUT2D eigenvalue weighted by Gasteiger charge is -2.33. The molecule has 1 fully saturated rings. The van der Waals surface area contributed by atoms with E-state index in [4.69, 9.17) is 4.52 Å². The van der Waals surface area contributed by atoms with Crippen molar-refractivity contribution in [2.75, 3.05) is 6.54 Å². The Kier molecular flexibility index (Phi) is 4.70. The Morgan fingerprint density at radius 3 is 3.00 bits per heavy atom. The zero-order chi connectivity index (χ0) is 16.4. The fraction of sp³-hybridized carbons (Fsp3) is 0.667. The van der Waals surface area contributed by atoms with E-state index in [1.54, 1.807) is 0 Å². The second kappa shape index (κ2) is 6.74. The molecule has 0 unspecified atom stereocenters. The van der Waals surface area contributed by atoms with Crippen LogP contribution in [0, 0.1) is 6.92 Å². The largest absolute Gasteiger partial charge is 0.337 e. The van der Waals surface area contributed by atoms with Crippen LogP contribution in [-0.4, -0.2) is 37.1 Å². The van der Waals surface area contributed by atoms with Crippen molar-refractivity contribution in [1.29, 1.82) is 0 Å². The summed E-state index contributed by atoms with van der Waals surface area (Å²) in [5, 5.41) is 8.03. The van der Waals surface area contributed by atoms with E-state index in [2.05, 4.69) is 33.6 Å². The molecule has 3 heterocycles. The Labute approximate surface area is 139 Å². The number of carbonyl (C=O) groups is 1. The summed E-state index contributed by atoms with van der Waals surface area (Å²) in [5.74, 6) is 1.48. The van der Waals surface area contributed by atoms with E-state index >= 15 is 0 Å². The molecule has 2 atom stereocenters. The topological polar surface area (TPSA) is 85.0 Å². The third-order valence-electron chi connectivity index (χ3n) is 4.41. The molecule has 2 aromatic rings. The summed E-state index contributed by atoms with van der Waals surface area (Å²) in [5.41, 5.74) is 0.676. The van der Waals surface area contributed by atoms with Crippen LogP contribution in [-0.2, 0) is 0 Å². The number of nitrogens with zero attached hydrogens (tertiary/aromatic N) is 5. The molecule has 2 aromatic heterocycles. The van der Waals surface area contributed by atoms with Crippen molar-refractivity contribution in [1.82, 2.24) is 24.6 Å². The predicted octanol–water partition coefficient (Wildman–Crippen LogP) is 3.11. The Morgan fingerprint density at radius 2 is 2.30 bits per heavy atom. The zero-order valence-electron chi connectivity index (χ0n) is 13.7. The van der Waals surface area contributed by atoms with Gasteiger partial charge in [0, 0.05) is 12.5 Å². The van der Waals surface area contributed by atoms with Gasteiger partial charge in [0.15, 0.2) is 5.82 Å². The number of hydrogen-bond donors (Lipinski definition) is 0. The molecule has 0 bridgehead atoms. The number of rotatable bonds is 4. The first-order chi connectivity index (χ1) is 11.1. The highest BCUT2D eigenvalue weighted by Gasteiger charge is 2.34. The Morgan fingerprint density at radius 1 is 1.48 bits per heavy atom. The van der Waals surface area contributed by atoms with Crippen LogP contribution in [0.15, 0.2) is 4.52 Å². The van der Waals surface area contributed by atoms with Crippen LogP contribution < -0.4 is 0 Å². The lowest BCUT2D eigenvalue weighted by molar-refractivity contribution is 0.0565. The fourth-order valence-electron chi connectivity index (χ4n) is 2.75. The summed E-state index contributed by atoms with van der Waals surface area (Å²) in [6.45, 7) is 6.67. The van der Waals surface area contributed by atoms with Gasteiger partial charge in [-0.2, -0.15) is 4.98 Å².